The number of thiophene rings is 1. The fraction of sp³-hybridized carbons (Fsp3) is 0.412. The number of halogens is 1. The van der Waals surface area contributed by atoms with E-state index in [1.54, 1.807) is 18.4 Å². The van der Waals surface area contributed by atoms with Crippen molar-refractivity contribution in [1.29, 1.82) is 0 Å². The van der Waals surface area contributed by atoms with E-state index >= 15 is 0 Å². The van der Waals surface area contributed by atoms with Crippen LogP contribution in [0.2, 0.25) is 0 Å². The summed E-state index contributed by atoms with van der Waals surface area (Å²) in [6.45, 7) is 8.83. The van der Waals surface area contributed by atoms with Crippen molar-refractivity contribution in [3.8, 4) is 5.75 Å². The molecule has 2 nitrogen and oxygen atoms in total. The lowest BCUT2D eigenvalue weighted by atomic mass is 9.86. The summed E-state index contributed by atoms with van der Waals surface area (Å²) in [7, 11) is 1.71. The summed E-state index contributed by atoms with van der Waals surface area (Å²) in [4.78, 5) is 1.29. The molecule has 0 saturated carbocycles. The van der Waals surface area contributed by atoms with E-state index in [2.05, 4.69) is 72.5 Å². The monoisotopic (exact) mass is 367 g/mol. The number of ether oxygens (including phenoxy) is 1. The third-order valence-corrected chi connectivity index (χ3v) is 5.53. The van der Waals surface area contributed by atoms with Gasteiger partial charge < -0.3 is 10.1 Å². The zero-order chi connectivity index (χ0) is 15.6. The number of rotatable bonds is 4. The minimum Gasteiger partial charge on any atom is -0.495 e. The van der Waals surface area contributed by atoms with E-state index in [1.807, 2.05) is 6.07 Å². The minimum atomic E-state index is 0.120. The van der Waals surface area contributed by atoms with Crippen LogP contribution in [0.15, 0.2) is 34.1 Å². The van der Waals surface area contributed by atoms with Crippen LogP contribution in [0.4, 0.5) is 5.69 Å². The Morgan fingerprint density at radius 1 is 1.24 bits per heavy atom. The van der Waals surface area contributed by atoms with Gasteiger partial charge in [-0.05, 0) is 57.4 Å². The van der Waals surface area contributed by atoms with Gasteiger partial charge in [-0.25, -0.2) is 0 Å². The Morgan fingerprint density at radius 3 is 2.48 bits per heavy atom. The first kappa shape index (κ1) is 16.4. The van der Waals surface area contributed by atoms with Crippen LogP contribution in [0.1, 0.15) is 44.2 Å². The van der Waals surface area contributed by atoms with Crippen LogP contribution in [-0.4, -0.2) is 7.11 Å². The summed E-state index contributed by atoms with van der Waals surface area (Å²) >= 11 is 5.35. The normalized spacial score (nSPS) is 13.0. The van der Waals surface area contributed by atoms with Gasteiger partial charge in [-0.15, -0.1) is 11.3 Å². The van der Waals surface area contributed by atoms with E-state index in [4.69, 9.17) is 4.74 Å². The Labute approximate surface area is 139 Å². The minimum absolute atomic E-state index is 0.120. The molecule has 1 aromatic heterocycles. The van der Waals surface area contributed by atoms with Crippen molar-refractivity contribution in [1.82, 2.24) is 0 Å². The van der Waals surface area contributed by atoms with Crippen molar-refractivity contribution in [3.05, 3.63) is 44.6 Å². The predicted molar refractivity (Wildman–Crippen MR) is 95.8 cm³/mol. The molecule has 2 rings (SSSR count). The highest BCUT2D eigenvalue weighted by molar-refractivity contribution is 9.10. The zero-order valence-corrected chi connectivity index (χ0v) is 15.6. The Bertz CT molecular complexity index is 615. The van der Waals surface area contributed by atoms with Crippen molar-refractivity contribution in [2.75, 3.05) is 12.4 Å². The molecule has 2 aromatic rings. The number of nitrogens with one attached hydrogen (secondary N) is 1. The van der Waals surface area contributed by atoms with Gasteiger partial charge in [0, 0.05) is 9.35 Å². The van der Waals surface area contributed by atoms with Crippen molar-refractivity contribution >= 4 is 33.0 Å². The number of hydrogen-bond donors (Lipinski definition) is 1. The second-order valence-electron chi connectivity index (χ2n) is 6.16. The lowest BCUT2D eigenvalue weighted by Crippen LogP contribution is -2.13. The summed E-state index contributed by atoms with van der Waals surface area (Å²) < 4.78 is 6.64. The molecule has 4 heteroatoms. The van der Waals surface area contributed by atoms with Crippen LogP contribution in [0.3, 0.4) is 0 Å². The number of benzene rings is 1. The van der Waals surface area contributed by atoms with Crippen LogP contribution in [-0.2, 0) is 5.41 Å². The molecular weight excluding hydrogens is 346 g/mol. The van der Waals surface area contributed by atoms with Crippen LogP contribution in [0.25, 0.3) is 0 Å². The summed E-state index contributed by atoms with van der Waals surface area (Å²) in [5.41, 5.74) is 2.45. The first-order valence-electron chi connectivity index (χ1n) is 7.01. The van der Waals surface area contributed by atoms with E-state index < -0.39 is 0 Å². The van der Waals surface area contributed by atoms with Gasteiger partial charge in [0.15, 0.2) is 0 Å². The molecule has 0 aliphatic heterocycles. The average molecular weight is 368 g/mol. The maximum atomic E-state index is 5.49. The van der Waals surface area contributed by atoms with Crippen LogP contribution in [0.5, 0.6) is 5.75 Å². The summed E-state index contributed by atoms with van der Waals surface area (Å²) in [6.07, 6.45) is 0. The van der Waals surface area contributed by atoms with Gasteiger partial charge in [-0.2, -0.15) is 0 Å². The fourth-order valence-electron chi connectivity index (χ4n) is 2.20. The zero-order valence-electron chi connectivity index (χ0n) is 13.2. The number of hydrogen-bond acceptors (Lipinski definition) is 3. The summed E-state index contributed by atoms with van der Waals surface area (Å²) in [6, 6.07) is 8.68. The molecule has 114 valence electrons. The van der Waals surface area contributed by atoms with Crippen molar-refractivity contribution in [2.45, 2.75) is 39.2 Å². The van der Waals surface area contributed by atoms with E-state index in [0.29, 0.717) is 0 Å². The maximum absolute atomic E-state index is 5.49. The SMILES string of the molecule is COc1ccc(C(C)(C)C)cc1NC(C)c1sccc1Br. The van der Waals surface area contributed by atoms with Gasteiger partial charge in [-0.3, -0.25) is 0 Å². The maximum Gasteiger partial charge on any atom is 0.141 e. The smallest absolute Gasteiger partial charge is 0.141 e. The number of methoxy groups -OCH3 is 1. The number of anilines is 1. The molecule has 0 fully saturated rings. The van der Waals surface area contributed by atoms with E-state index in [9.17, 15) is 0 Å². The molecule has 1 atom stereocenters. The van der Waals surface area contributed by atoms with E-state index in [-0.39, 0.29) is 11.5 Å². The molecule has 0 spiro atoms. The Morgan fingerprint density at radius 2 is 1.95 bits per heavy atom. The quantitative estimate of drug-likeness (QED) is 0.716. The summed E-state index contributed by atoms with van der Waals surface area (Å²) in [5.74, 6) is 0.877. The molecule has 21 heavy (non-hydrogen) atoms. The lowest BCUT2D eigenvalue weighted by molar-refractivity contribution is 0.415. The molecular formula is C17H22BrNOS. The van der Waals surface area contributed by atoms with Gasteiger partial charge in [0.2, 0.25) is 0 Å². The fourth-order valence-corrected chi connectivity index (χ4v) is 3.93. The third kappa shape index (κ3) is 3.80. The first-order chi connectivity index (χ1) is 9.82. The molecule has 0 aliphatic carbocycles. The molecule has 0 bridgehead atoms. The van der Waals surface area contributed by atoms with Crippen molar-refractivity contribution in [2.24, 2.45) is 0 Å². The Kier molecular flexibility index (Phi) is 4.99. The van der Waals surface area contributed by atoms with Crippen LogP contribution >= 0.6 is 27.3 Å². The standard InChI is InChI=1S/C17H22BrNOS/c1-11(16-13(18)8-9-21-16)19-14-10-12(17(2,3)4)6-7-15(14)20-5/h6-11,19H,1-5H3. The molecule has 1 aromatic carbocycles. The highest BCUT2D eigenvalue weighted by atomic mass is 79.9. The van der Waals surface area contributed by atoms with Crippen LogP contribution in [0, 0.1) is 0 Å². The van der Waals surface area contributed by atoms with Gasteiger partial charge in [-0.1, -0.05) is 26.8 Å². The van der Waals surface area contributed by atoms with E-state index in [0.717, 1.165) is 15.9 Å². The molecule has 0 saturated heterocycles. The molecule has 0 radical (unpaired) electrons. The van der Waals surface area contributed by atoms with Gasteiger partial charge in [0.05, 0.1) is 18.8 Å². The Balaban J connectivity index is 2.31. The predicted octanol–water partition coefficient (Wildman–Crippen LogP) is 5.99. The average Bonchev–Trinajstić information content (AvgIpc) is 2.84. The molecule has 1 unspecified atom stereocenters. The molecule has 0 aliphatic rings. The topological polar surface area (TPSA) is 21.3 Å². The molecule has 1 N–H and O–H groups in total. The highest BCUT2D eigenvalue weighted by Gasteiger charge is 2.18. The van der Waals surface area contributed by atoms with Gasteiger partial charge in [0.1, 0.15) is 5.75 Å². The van der Waals surface area contributed by atoms with Gasteiger partial charge in [0.25, 0.3) is 0 Å². The molecule has 0 amide bonds. The lowest BCUT2D eigenvalue weighted by Gasteiger charge is -2.23. The van der Waals surface area contributed by atoms with E-state index in [1.165, 1.54) is 10.4 Å². The van der Waals surface area contributed by atoms with Crippen molar-refractivity contribution < 1.29 is 4.74 Å². The second kappa shape index (κ2) is 6.41. The highest BCUT2D eigenvalue weighted by Crippen LogP contribution is 2.36. The van der Waals surface area contributed by atoms with Crippen LogP contribution < -0.4 is 10.1 Å². The summed E-state index contributed by atoms with van der Waals surface area (Å²) in [5, 5.41) is 5.67. The third-order valence-electron chi connectivity index (χ3n) is 3.48. The largest absolute Gasteiger partial charge is 0.495 e. The van der Waals surface area contributed by atoms with Crippen molar-refractivity contribution in [3.63, 3.8) is 0 Å². The second-order valence-corrected chi connectivity index (χ2v) is 7.97. The first-order valence-corrected chi connectivity index (χ1v) is 8.68. The Hall–Kier alpha value is -1.00. The van der Waals surface area contributed by atoms with Gasteiger partial charge >= 0.3 is 0 Å². The molecule has 1 heterocycles.